The maximum atomic E-state index is 13.0. The molecule has 0 atom stereocenters. The van der Waals surface area contributed by atoms with E-state index in [0.717, 1.165) is 16.3 Å². The van der Waals surface area contributed by atoms with Gasteiger partial charge in [-0.2, -0.15) is 4.99 Å². The number of esters is 1. The maximum absolute atomic E-state index is 13.0. The Labute approximate surface area is 186 Å². The van der Waals surface area contributed by atoms with Crippen LogP contribution in [0.2, 0.25) is 0 Å². The number of aromatic nitrogens is 1. The molecule has 0 fully saturated rings. The molecule has 3 rings (SSSR count). The molecular weight excluding hydrogens is 438 g/mol. The Morgan fingerprint density at radius 3 is 2.47 bits per heavy atom. The van der Waals surface area contributed by atoms with Gasteiger partial charge in [-0.05, 0) is 31.5 Å². The van der Waals surface area contributed by atoms with E-state index in [-0.39, 0.29) is 35.0 Å². The first-order valence-corrected chi connectivity index (χ1v) is 10.4. The van der Waals surface area contributed by atoms with Crippen LogP contribution in [0.15, 0.2) is 35.3 Å². The number of carbonyl (C=O) groups is 2. The molecule has 1 aromatic heterocycles. The lowest BCUT2D eigenvalue weighted by Crippen LogP contribution is -2.23. The highest BCUT2D eigenvalue weighted by molar-refractivity contribution is 7.16. The summed E-state index contributed by atoms with van der Waals surface area (Å²) in [7, 11) is 2.70. The molecule has 2 aromatic carbocycles. The molecule has 1 amide bonds. The lowest BCUT2D eigenvalue weighted by Gasteiger charge is -2.09. The number of rotatable bonds is 7. The average molecular weight is 459 g/mol. The van der Waals surface area contributed by atoms with Crippen LogP contribution in [0.3, 0.4) is 0 Å². The van der Waals surface area contributed by atoms with E-state index >= 15 is 0 Å². The molecule has 0 bridgehead atoms. The number of hydrogen-bond donors (Lipinski definition) is 0. The summed E-state index contributed by atoms with van der Waals surface area (Å²) in [5.41, 5.74) is 0.965. The van der Waals surface area contributed by atoms with E-state index in [1.165, 1.54) is 31.6 Å². The fourth-order valence-corrected chi connectivity index (χ4v) is 4.22. The topological polar surface area (TPSA) is 122 Å². The summed E-state index contributed by atoms with van der Waals surface area (Å²) in [6, 6.07) is 7.94. The van der Waals surface area contributed by atoms with Gasteiger partial charge in [-0.1, -0.05) is 17.4 Å². The average Bonchev–Trinajstić information content (AvgIpc) is 3.08. The molecule has 0 N–H and O–H groups in total. The van der Waals surface area contributed by atoms with Crippen LogP contribution in [0.1, 0.15) is 22.8 Å². The van der Waals surface area contributed by atoms with Gasteiger partial charge in [0.25, 0.3) is 11.6 Å². The Kier molecular flexibility index (Phi) is 6.89. The summed E-state index contributed by atoms with van der Waals surface area (Å²) in [4.78, 5) is 40.4. The molecule has 32 heavy (non-hydrogen) atoms. The van der Waals surface area contributed by atoms with E-state index in [2.05, 4.69) is 4.99 Å². The second-order valence-corrected chi connectivity index (χ2v) is 7.65. The van der Waals surface area contributed by atoms with E-state index < -0.39 is 22.5 Å². The third-order valence-corrected chi connectivity index (χ3v) is 5.60. The van der Waals surface area contributed by atoms with Crippen LogP contribution < -0.4 is 14.3 Å². The Balaban J connectivity index is 2.19. The van der Waals surface area contributed by atoms with E-state index in [1.807, 2.05) is 25.1 Å². The van der Waals surface area contributed by atoms with Gasteiger partial charge in [0.1, 0.15) is 12.1 Å². The van der Waals surface area contributed by atoms with Gasteiger partial charge >= 0.3 is 5.97 Å². The van der Waals surface area contributed by atoms with E-state index in [9.17, 15) is 19.7 Å². The number of aryl methyl sites for hydroxylation is 1. The molecule has 10 nitrogen and oxygen atoms in total. The third-order valence-electron chi connectivity index (χ3n) is 4.56. The molecule has 3 aromatic rings. The second kappa shape index (κ2) is 9.60. The van der Waals surface area contributed by atoms with Crippen LogP contribution in [-0.2, 0) is 16.1 Å². The first kappa shape index (κ1) is 22.9. The quantitative estimate of drug-likeness (QED) is 0.302. The van der Waals surface area contributed by atoms with Gasteiger partial charge in [-0.15, -0.1) is 0 Å². The summed E-state index contributed by atoms with van der Waals surface area (Å²) in [6.45, 7) is 3.67. The lowest BCUT2D eigenvalue weighted by atomic mass is 10.1. The predicted molar refractivity (Wildman–Crippen MR) is 117 cm³/mol. The number of hydrogen-bond acceptors (Lipinski definition) is 8. The summed E-state index contributed by atoms with van der Waals surface area (Å²) < 4.78 is 17.7. The minimum Gasteiger partial charge on any atom is -0.493 e. The number of methoxy groups -OCH3 is 2. The highest BCUT2D eigenvalue weighted by Gasteiger charge is 2.25. The summed E-state index contributed by atoms with van der Waals surface area (Å²) in [5.74, 6) is -1.06. The summed E-state index contributed by atoms with van der Waals surface area (Å²) in [6.07, 6.45) is 0. The Bertz CT molecular complexity index is 1280. The Morgan fingerprint density at radius 1 is 1.16 bits per heavy atom. The van der Waals surface area contributed by atoms with E-state index in [4.69, 9.17) is 14.2 Å². The number of nitrogens with zero attached hydrogens (tertiary/aromatic N) is 3. The molecular formula is C21H21N3O7S. The molecule has 0 radical (unpaired) electrons. The first-order valence-electron chi connectivity index (χ1n) is 9.54. The zero-order chi connectivity index (χ0) is 23.4. The van der Waals surface area contributed by atoms with Gasteiger partial charge in [0.05, 0.1) is 42.0 Å². The van der Waals surface area contributed by atoms with Crippen molar-refractivity contribution in [3.05, 3.63) is 56.4 Å². The van der Waals surface area contributed by atoms with Crippen molar-refractivity contribution in [1.29, 1.82) is 0 Å². The third kappa shape index (κ3) is 4.62. The highest BCUT2D eigenvalue weighted by Crippen LogP contribution is 2.34. The standard InChI is InChI=1S/C21H21N3O7S/c1-5-31-19(25)11-23-14-7-6-12(2)8-18(14)32-21(23)22-20(26)13-9-16(29-3)17(30-4)10-15(13)24(27)28/h6-10H,5,11H2,1-4H3. The van der Waals surface area contributed by atoms with Gasteiger partial charge in [-0.3, -0.25) is 19.7 Å². The molecule has 168 valence electrons. The van der Waals surface area contributed by atoms with Gasteiger partial charge in [0, 0.05) is 6.07 Å². The fraction of sp³-hybridized carbons (Fsp3) is 0.286. The van der Waals surface area contributed by atoms with E-state index in [1.54, 1.807) is 11.5 Å². The number of thiazole rings is 1. The normalized spacial score (nSPS) is 11.4. The number of nitro groups is 1. The molecule has 0 saturated heterocycles. The van der Waals surface area contributed by atoms with Crippen LogP contribution in [0.4, 0.5) is 5.69 Å². The number of ether oxygens (including phenoxy) is 3. The number of nitro benzene ring substituents is 1. The van der Waals surface area contributed by atoms with Crippen LogP contribution in [0.25, 0.3) is 10.2 Å². The zero-order valence-corrected chi connectivity index (χ0v) is 18.7. The SMILES string of the molecule is CCOC(=O)Cn1c(=NC(=O)c2cc(OC)c(OC)cc2[N+](=O)[O-])sc2cc(C)ccc21. The number of amides is 1. The van der Waals surface area contributed by atoms with Crippen molar-refractivity contribution in [2.75, 3.05) is 20.8 Å². The first-order chi connectivity index (χ1) is 15.3. The van der Waals surface area contributed by atoms with Crippen LogP contribution in [0, 0.1) is 17.0 Å². The van der Waals surface area contributed by atoms with Gasteiger partial charge in [-0.25, -0.2) is 0 Å². The van der Waals surface area contributed by atoms with Crippen molar-refractivity contribution in [2.24, 2.45) is 4.99 Å². The Morgan fingerprint density at radius 2 is 1.84 bits per heavy atom. The van der Waals surface area contributed by atoms with Crippen LogP contribution in [-0.4, -0.2) is 42.2 Å². The van der Waals surface area contributed by atoms with Crippen LogP contribution >= 0.6 is 11.3 Å². The summed E-state index contributed by atoms with van der Waals surface area (Å²) in [5, 5.41) is 11.6. The van der Waals surface area contributed by atoms with E-state index in [0.29, 0.717) is 5.52 Å². The smallest absolute Gasteiger partial charge is 0.326 e. The summed E-state index contributed by atoms with van der Waals surface area (Å²) >= 11 is 1.19. The molecule has 11 heteroatoms. The molecule has 0 saturated carbocycles. The van der Waals surface area contributed by atoms with Crippen molar-refractivity contribution >= 4 is 39.1 Å². The molecule has 0 spiro atoms. The largest absolute Gasteiger partial charge is 0.493 e. The van der Waals surface area contributed by atoms with Crippen molar-refractivity contribution < 1.29 is 28.7 Å². The van der Waals surface area contributed by atoms with Gasteiger partial charge in [0.15, 0.2) is 16.3 Å². The van der Waals surface area contributed by atoms with Crippen molar-refractivity contribution in [1.82, 2.24) is 4.57 Å². The minimum atomic E-state index is -0.849. The van der Waals surface area contributed by atoms with Gasteiger partial charge in [0.2, 0.25) is 0 Å². The maximum Gasteiger partial charge on any atom is 0.326 e. The predicted octanol–water partition coefficient (Wildman–Crippen LogP) is 3.24. The molecule has 1 heterocycles. The number of benzene rings is 2. The van der Waals surface area contributed by atoms with Gasteiger partial charge < -0.3 is 18.8 Å². The lowest BCUT2D eigenvalue weighted by molar-refractivity contribution is -0.385. The zero-order valence-electron chi connectivity index (χ0n) is 17.9. The molecule has 0 aliphatic rings. The molecule has 0 unspecified atom stereocenters. The number of carbonyl (C=O) groups excluding carboxylic acids is 2. The molecule has 0 aliphatic carbocycles. The molecule has 0 aliphatic heterocycles. The highest BCUT2D eigenvalue weighted by atomic mass is 32.1. The fourth-order valence-electron chi connectivity index (χ4n) is 3.09. The van der Waals surface area contributed by atoms with Crippen molar-refractivity contribution in [2.45, 2.75) is 20.4 Å². The monoisotopic (exact) mass is 459 g/mol. The minimum absolute atomic E-state index is 0.116. The van der Waals surface area contributed by atoms with Crippen LogP contribution in [0.5, 0.6) is 11.5 Å². The Hall–Kier alpha value is -3.73. The number of fused-ring (bicyclic) bond motifs is 1. The second-order valence-electron chi connectivity index (χ2n) is 6.65. The van der Waals surface area contributed by atoms with Crippen molar-refractivity contribution in [3.63, 3.8) is 0 Å². The van der Waals surface area contributed by atoms with Crippen molar-refractivity contribution in [3.8, 4) is 11.5 Å².